The summed E-state index contributed by atoms with van der Waals surface area (Å²) < 4.78 is 4.99. The molecule has 20 heavy (non-hydrogen) atoms. The second kappa shape index (κ2) is 7.23. The zero-order valence-electron chi connectivity index (χ0n) is 12.2. The number of carbonyl (C=O) groups excluding carboxylic acids is 3. The molecule has 114 valence electrons. The molecule has 1 aliphatic rings. The van der Waals surface area contributed by atoms with Gasteiger partial charge in [-0.05, 0) is 32.7 Å². The number of carbonyl (C=O) groups is 3. The molecule has 0 aliphatic carbocycles. The van der Waals surface area contributed by atoms with Crippen LogP contribution >= 0.6 is 0 Å². The molecule has 3 N–H and O–H groups in total. The lowest BCUT2D eigenvalue weighted by molar-refractivity contribution is -0.158. The number of hydrogen-bond acceptors (Lipinski definition) is 5. The highest BCUT2D eigenvalue weighted by Gasteiger charge is 2.48. The Hall–Kier alpha value is -1.63. The Balaban J connectivity index is 2.75. The maximum absolute atomic E-state index is 12.3. The highest BCUT2D eigenvalue weighted by molar-refractivity contribution is 6.08. The van der Waals surface area contributed by atoms with E-state index in [1.54, 1.807) is 20.8 Å². The van der Waals surface area contributed by atoms with E-state index >= 15 is 0 Å². The van der Waals surface area contributed by atoms with Crippen molar-refractivity contribution in [3.05, 3.63) is 0 Å². The van der Waals surface area contributed by atoms with E-state index in [2.05, 4.69) is 16.2 Å². The summed E-state index contributed by atoms with van der Waals surface area (Å²) in [6.07, 6.45) is 2.00. The molecule has 0 bridgehead atoms. The largest absolute Gasteiger partial charge is 0.464 e. The van der Waals surface area contributed by atoms with Gasteiger partial charge < -0.3 is 4.74 Å². The lowest BCUT2D eigenvalue weighted by Crippen LogP contribution is -2.66. The first kappa shape index (κ1) is 16.4. The van der Waals surface area contributed by atoms with Crippen LogP contribution < -0.4 is 16.2 Å². The normalized spacial score (nSPS) is 22.2. The molecule has 0 aromatic heterocycles. The predicted molar refractivity (Wildman–Crippen MR) is 72.3 cm³/mol. The van der Waals surface area contributed by atoms with Crippen LogP contribution in [0, 0.1) is 5.92 Å². The quantitative estimate of drug-likeness (QED) is 0.380. The third kappa shape index (κ3) is 3.69. The van der Waals surface area contributed by atoms with Gasteiger partial charge >= 0.3 is 5.97 Å². The first-order chi connectivity index (χ1) is 9.44. The fourth-order valence-electron chi connectivity index (χ4n) is 1.99. The third-order valence-electron chi connectivity index (χ3n) is 3.24. The minimum atomic E-state index is -1.40. The highest BCUT2D eigenvalue weighted by atomic mass is 16.5. The Labute approximate surface area is 118 Å². The van der Waals surface area contributed by atoms with Gasteiger partial charge in [0.25, 0.3) is 5.91 Å². The molecule has 1 saturated heterocycles. The molecule has 1 aliphatic heterocycles. The van der Waals surface area contributed by atoms with E-state index in [9.17, 15) is 14.4 Å². The molecule has 1 heterocycles. The average molecular weight is 285 g/mol. The lowest BCUT2D eigenvalue weighted by Gasteiger charge is -2.34. The maximum atomic E-state index is 12.3. The lowest BCUT2D eigenvalue weighted by atomic mass is 9.88. The minimum absolute atomic E-state index is 0.202. The van der Waals surface area contributed by atoms with Crippen molar-refractivity contribution in [2.24, 2.45) is 5.92 Å². The van der Waals surface area contributed by atoms with Gasteiger partial charge in [-0.2, -0.15) is 0 Å². The van der Waals surface area contributed by atoms with Crippen molar-refractivity contribution < 1.29 is 19.1 Å². The van der Waals surface area contributed by atoms with Crippen molar-refractivity contribution in [2.45, 2.75) is 45.6 Å². The topological polar surface area (TPSA) is 96.5 Å². The monoisotopic (exact) mass is 285 g/mol. The summed E-state index contributed by atoms with van der Waals surface area (Å²) in [5, 5.41) is 2.93. The van der Waals surface area contributed by atoms with Crippen LogP contribution in [0.5, 0.6) is 0 Å². The van der Waals surface area contributed by atoms with Crippen LogP contribution in [0.15, 0.2) is 0 Å². The van der Waals surface area contributed by atoms with Crippen LogP contribution in [0.4, 0.5) is 0 Å². The first-order valence-corrected chi connectivity index (χ1v) is 6.96. The Morgan fingerprint density at radius 3 is 2.45 bits per heavy atom. The smallest absolute Gasteiger partial charge is 0.336 e. The molecule has 2 amide bonds. The molecule has 7 heteroatoms. The molecule has 0 spiro atoms. The van der Waals surface area contributed by atoms with E-state index in [1.807, 2.05) is 0 Å². The van der Waals surface area contributed by atoms with Gasteiger partial charge in [0.1, 0.15) is 0 Å². The molecular weight excluding hydrogens is 262 g/mol. The molecular formula is C13H23N3O4. The number of esters is 1. The Bertz CT molecular complexity index is 376. The molecule has 1 atom stereocenters. The number of amides is 2. The zero-order chi connectivity index (χ0) is 15.2. The van der Waals surface area contributed by atoms with Gasteiger partial charge in [-0.15, -0.1) is 0 Å². The number of ether oxygens (including phenoxy) is 1. The van der Waals surface area contributed by atoms with E-state index in [1.165, 1.54) is 0 Å². The van der Waals surface area contributed by atoms with Gasteiger partial charge in [-0.3, -0.25) is 25.8 Å². The van der Waals surface area contributed by atoms with Crippen LogP contribution in [0.1, 0.15) is 40.0 Å². The number of hydrogen-bond donors (Lipinski definition) is 3. The van der Waals surface area contributed by atoms with Crippen LogP contribution in [-0.4, -0.2) is 36.5 Å². The van der Waals surface area contributed by atoms with E-state index < -0.39 is 17.4 Å². The summed E-state index contributed by atoms with van der Waals surface area (Å²) in [6.45, 7) is 5.87. The van der Waals surface area contributed by atoms with Gasteiger partial charge in [0.05, 0.1) is 6.61 Å². The van der Waals surface area contributed by atoms with E-state index in [0.717, 1.165) is 12.8 Å². The molecule has 0 aromatic carbocycles. The van der Waals surface area contributed by atoms with Crippen molar-refractivity contribution in [3.63, 3.8) is 0 Å². The molecule has 7 nitrogen and oxygen atoms in total. The second-order valence-electron chi connectivity index (χ2n) is 5.11. The van der Waals surface area contributed by atoms with Gasteiger partial charge in [0, 0.05) is 5.92 Å². The third-order valence-corrected chi connectivity index (χ3v) is 3.24. The highest BCUT2D eigenvalue weighted by Crippen LogP contribution is 2.21. The van der Waals surface area contributed by atoms with Crippen molar-refractivity contribution in [1.29, 1.82) is 0 Å². The number of nitrogens with one attached hydrogen (secondary N) is 3. The Kier molecular flexibility index (Phi) is 5.94. The fourth-order valence-corrected chi connectivity index (χ4v) is 1.99. The number of piperidine rings is 1. The van der Waals surface area contributed by atoms with Gasteiger partial charge in [0.2, 0.25) is 5.91 Å². The van der Waals surface area contributed by atoms with E-state index in [0.29, 0.717) is 13.0 Å². The van der Waals surface area contributed by atoms with Crippen molar-refractivity contribution in [3.8, 4) is 0 Å². The van der Waals surface area contributed by atoms with Gasteiger partial charge in [-0.1, -0.05) is 13.8 Å². The van der Waals surface area contributed by atoms with Crippen molar-refractivity contribution in [1.82, 2.24) is 16.2 Å². The molecule has 0 radical (unpaired) electrons. The van der Waals surface area contributed by atoms with Crippen LogP contribution in [0.25, 0.3) is 0 Å². The Morgan fingerprint density at radius 1 is 1.25 bits per heavy atom. The summed E-state index contributed by atoms with van der Waals surface area (Å²) in [4.78, 5) is 35.8. The SMILES string of the molecule is CCOC(=O)C1(C(=O)NNC(=O)C(C)C)CCCCN1. The van der Waals surface area contributed by atoms with E-state index in [4.69, 9.17) is 4.74 Å². The molecule has 1 unspecified atom stereocenters. The van der Waals surface area contributed by atoms with Gasteiger partial charge in [0.15, 0.2) is 5.54 Å². The first-order valence-electron chi connectivity index (χ1n) is 6.96. The van der Waals surface area contributed by atoms with Gasteiger partial charge in [-0.25, -0.2) is 4.79 Å². The average Bonchev–Trinajstić information content (AvgIpc) is 2.45. The summed E-state index contributed by atoms with van der Waals surface area (Å²) in [6, 6.07) is 0. The molecule has 0 aromatic rings. The summed E-state index contributed by atoms with van der Waals surface area (Å²) in [5.41, 5.74) is 3.22. The number of hydrazine groups is 1. The van der Waals surface area contributed by atoms with Crippen LogP contribution in [-0.2, 0) is 19.1 Å². The van der Waals surface area contributed by atoms with E-state index in [-0.39, 0.29) is 18.4 Å². The summed E-state index contributed by atoms with van der Waals surface area (Å²) in [7, 11) is 0. The zero-order valence-corrected chi connectivity index (χ0v) is 12.2. The van der Waals surface area contributed by atoms with Crippen LogP contribution in [0.3, 0.4) is 0 Å². The Morgan fingerprint density at radius 2 is 1.95 bits per heavy atom. The molecule has 1 rings (SSSR count). The minimum Gasteiger partial charge on any atom is -0.464 e. The summed E-state index contributed by atoms with van der Waals surface area (Å²) in [5.74, 6) is -1.75. The predicted octanol–water partition coefficient (Wildman–Crippen LogP) is -0.135. The molecule has 1 fully saturated rings. The van der Waals surface area contributed by atoms with Crippen molar-refractivity contribution in [2.75, 3.05) is 13.2 Å². The number of rotatable bonds is 4. The maximum Gasteiger partial charge on any atom is 0.336 e. The molecule has 0 saturated carbocycles. The second-order valence-corrected chi connectivity index (χ2v) is 5.11. The fraction of sp³-hybridized carbons (Fsp3) is 0.769. The van der Waals surface area contributed by atoms with Crippen LogP contribution in [0.2, 0.25) is 0 Å². The standard InChI is InChI=1S/C13H23N3O4/c1-4-20-12(19)13(7-5-6-8-14-13)11(18)16-15-10(17)9(2)3/h9,14H,4-8H2,1-3H3,(H,15,17)(H,16,18). The summed E-state index contributed by atoms with van der Waals surface area (Å²) >= 11 is 0. The van der Waals surface area contributed by atoms with Crippen molar-refractivity contribution >= 4 is 17.8 Å².